The normalized spacial score (nSPS) is 44.8. The van der Waals surface area contributed by atoms with Gasteiger partial charge in [0.1, 0.15) is 12.2 Å². The van der Waals surface area contributed by atoms with E-state index in [0.717, 1.165) is 0 Å². The Bertz CT molecular complexity index is 154. The summed E-state index contributed by atoms with van der Waals surface area (Å²) >= 11 is 0. The summed E-state index contributed by atoms with van der Waals surface area (Å²) < 4.78 is 0. The van der Waals surface area contributed by atoms with Crippen LogP contribution in [-0.4, -0.2) is 69.9 Å². The molecule has 1 aliphatic rings. The van der Waals surface area contributed by atoms with Gasteiger partial charge in [-0.2, -0.15) is 0 Å². The number of likely N-dealkylation sites (N-methyl/N-ethyl adjacent to an activating group) is 1. The molecule has 0 saturated carbocycles. The second kappa shape index (κ2) is 3.68. The molecule has 4 N–H and O–H groups in total. The molecular formula is C7H15NO4. The highest BCUT2D eigenvalue weighted by Crippen LogP contribution is 2.16. The Hall–Kier alpha value is -0.200. The third kappa shape index (κ3) is 1.60. The molecule has 0 spiro atoms. The van der Waals surface area contributed by atoms with E-state index in [1.165, 1.54) is 0 Å². The first kappa shape index (κ1) is 9.88. The number of β-amino-alcohol motifs (C(OH)–C–C–N with tert-alkyl or cyclic N) is 1. The Morgan fingerprint density at radius 2 is 1.83 bits per heavy atom. The van der Waals surface area contributed by atoms with Gasteiger partial charge < -0.3 is 20.4 Å². The van der Waals surface area contributed by atoms with Gasteiger partial charge >= 0.3 is 0 Å². The molecule has 5 nitrogen and oxygen atoms in total. The second-order valence-electron chi connectivity index (χ2n) is 3.24. The largest absolute Gasteiger partial charge is 0.395 e. The average molecular weight is 177 g/mol. The van der Waals surface area contributed by atoms with Gasteiger partial charge in [-0.1, -0.05) is 0 Å². The molecule has 1 rings (SSSR count). The molecule has 1 heterocycles. The minimum atomic E-state index is -1.15. The Kier molecular flexibility index (Phi) is 3.03. The first-order valence-corrected chi connectivity index (χ1v) is 3.93. The SMILES string of the molecule is CN1C[C@@H](O)C(O)C(O)C1CO. The van der Waals surface area contributed by atoms with E-state index in [-0.39, 0.29) is 13.2 Å². The molecular weight excluding hydrogens is 162 g/mol. The molecule has 0 aromatic carbocycles. The monoisotopic (exact) mass is 177 g/mol. The van der Waals surface area contributed by atoms with E-state index in [2.05, 4.69) is 0 Å². The van der Waals surface area contributed by atoms with Crippen molar-refractivity contribution in [2.24, 2.45) is 0 Å². The summed E-state index contributed by atoms with van der Waals surface area (Å²) in [6, 6.07) is -0.483. The van der Waals surface area contributed by atoms with Gasteiger partial charge in [0.15, 0.2) is 0 Å². The third-order valence-electron chi connectivity index (χ3n) is 2.37. The van der Waals surface area contributed by atoms with Crippen molar-refractivity contribution in [3.63, 3.8) is 0 Å². The minimum absolute atomic E-state index is 0.221. The molecule has 72 valence electrons. The van der Waals surface area contributed by atoms with Crippen molar-refractivity contribution in [3.8, 4) is 0 Å². The van der Waals surface area contributed by atoms with Crippen LogP contribution in [0.3, 0.4) is 0 Å². The van der Waals surface area contributed by atoms with Gasteiger partial charge in [0.25, 0.3) is 0 Å². The van der Waals surface area contributed by atoms with E-state index in [4.69, 9.17) is 5.11 Å². The minimum Gasteiger partial charge on any atom is -0.395 e. The van der Waals surface area contributed by atoms with Gasteiger partial charge in [0.05, 0.1) is 18.8 Å². The van der Waals surface area contributed by atoms with Gasteiger partial charge in [-0.25, -0.2) is 0 Å². The van der Waals surface area contributed by atoms with Crippen molar-refractivity contribution in [3.05, 3.63) is 0 Å². The van der Waals surface area contributed by atoms with Gasteiger partial charge in [-0.05, 0) is 7.05 Å². The van der Waals surface area contributed by atoms with Gasteiger partial charge in [0.2, 0.25) is 0 Å². The smallest absolute Gasteiger partial charge is 0.109 e. The van der Waals surface area contributed by atoms with Crippen LogP contribution in [0, 0.1) is 0 Å². The summed E-state index contributed by atoms with van der Waals surface area (Å²) in [4.78, 5) is 1.63. The Morgan fingerprint density at radius 3 is 2.33 bits per heavy atom. The lowest BCUT2D eigenvalue weighted by molar-refractivity contribution is -0.138. The molecule has 1 fully saturated rings. The number of aliphatic hydroxyl groups is 4. The number of hydrogen-bond acceptors (Lipinski definition) is 5. The van der Waals surface area contributed by atoms with Gasteiger partial charge in [0, 0.05) is 6.54 Å². The van der Waals surface area contributed by atoms with Crippen LogP contribution in [0.25, 0.3) is 0 Å². The molecule has 3 unspecified atom stereocenters. The zero-order valence-corrected chi connectivity index (χ0v) is 6.96. The van der Waals surface area contributed by atoms with Crippen LogP contribution >= 0.6 is 0 Å². The van der Waals surface area contributed by atoms with Crippen LogP contribution in [0.4, 0.5) is 0 Å². The predicted octanol–water partition coefficient (Wildman–Crippen LogP) is -2.62. The van der Waals surface area contributed by atoms with Gasteiger partial charge in [-0.15, -0.1) is 0 Å². The summed E-state index contributed by atoms with van der Waals surface area (Å²) in [5.41, 5.74) is 0. The highest BCUT2D eigenvalue weighted by Gasteiger charge is 2.39. The van der Waals surface area contributed by atoms with Crippen LogP contribution in [0.1, 0.15) is 0 Å². The molecule has 0 radical (unpaired) electrons. The Balaban J connectivity index is 2.65. The predicted molar refractivity (Wildman–Crippen MR) is 41.5 cm³/mol. The second-order valence-corrected chi connectivity index (χ2v) is 3.24. The van der Waals surface area contributed by atoms with E-state index in [1.54, 1.807) is 11.9 Å². The lowest BCUT2D eigenvalue weighted by Gasteiger charge is -2.40. The van der Waals surface area contributed by atoms with E-state index >= 15 is 0 Å². The Morgan fingerprint density at radius 1 is 1.25 bits per heavy atom. The molecule has 1 saturated heterocycles. The first-order chi connectivity index (χ1) is 5.57. The first-order valence-electron chi connectivity index (χ1n) is 3.93. The fourth-order valence-corrected chi connectivity index (χ4v) is 1.50. The molecule has 4 atom stereocenters. The van der Waals surface area contributed by atoms with Crippen LogP contribution in [-0.2, 0) is 0 Å². The fourth-order valence-electron chi connectivity index (χ4n) is 1.50. The summed E-state index contributed by atoms with van der Waals surface area (Å²) in [5.74, 6) is 0. The molecule has 0 amide bonds. The lowest BCUT2D eigenvalue weighted by atomic mass is 9.95. The number of nitrogens with zero attached hydrogens (tertiary/aromatic N) is 1. The van der Waals surface area contributed by atoms with Crippen molar-refractivity contribution in [1.82, 2.24) is 4.90 Å². The fraction of sp³-hybridized carbons (Fsp3) is 1.00. The molecule has 0 aromatic heterocycles. The number of aliphatic hydroxyl groups excluding tert-OH is 4. The zero-order valence-electron chi connectivity index (χ0n) is 6.96. The molecule has 0 aliphatic carbocycles. The highest BCUT2D eigenvalue weighted by molar-refractivity contribution is 4.92. The highest BCUT2D eigenvalue weighted by atomic mass is 16.4. The maximum absolute atomic E-state index is 9.37. The number of piperidine rings is 1. The summed E-state index contributed by atoms with van der Waals surface area (Å²) in [6.45, 7) is 0.0465. The van der Waals surface area contributed by atoms with Crippen molar-refractivity contribution >= 4 is 0 Å². The molecule has 0 aromatic rings. The van der Waals surface area contributed by atoms with E-state index in [9.17, 15) is 15.3 Å². The summed E-state index contributed by atoms with van der Waals surface area (Å²) in [7, 11) is 1.68. The van der Waals surface area contributed by atoms with Crippen molar-refractivity contribution in [2.75, 3.05) is 20.2 Å². The third-order valence-corrected chi connectivity index (χ3v) is 2.37. The van der Waals surface area contributed by atoms with Crippen molar-refractivity contribution < 1.29 is 20.4 Å². The molecule has 1 aliphatic heterocycles. The quantitative estimate of drug-likeness (QED) is 0.352. The van der Waals surface area contributed by atoms with Crippen molar-refractivity contribution in [1.29, 1.82) is 0 Å². The topological polar surface area (TPSA) is 84.2 Å². The van der Waals surface area contributed by atoms with Gasteiger partial charge in [-0.3, -0.25) is 4.90 Å². The average Bonchev–Trinajstić information content (AvgIpc) is 2.01. The standard InChI is InChI=1S/C7H15NO4/c1-8-2-5(10)7(12)6(11)4(8)3-9/h4-7,9-12H,2-3H2,1H3/t4?,5-,6?,7?/m1/s1. The zero-order chi connectivity index (χ0) is 9.30. The molecule has 5 heteroatoms. The van der Waals surface area contributed by atoms with E-state index in [1.807, 2.05) is 0 Å². The van der Waals surface area contributed by atoms with Crippen LogP contribution in [0.5, 0.6) is 0 Å². The number of rotatable bonds is 1. The lowest BCUT2D eigenvalue weighted by Crippen LogP contribution is -2.61. The van der Waals surface area contributed by atoms with Crippen LogP contribution < -0.4 is 0 Å². The maximum Gasteiger partial charge on any atom is 0.109 e. The number of likely N-dealkylation sites (tertiary alicyclic amines) is 1. The molecule has 12 heavy (non-hydrogen) atoms. The summed E-state index contributed by atoms with van der Waals surface area (Å²) in [6.07, 6.45) is -3.17. The Labute approximate surface area is 70.9 Å². The van der Waals surface area contributed by atoms with Crippen LogP contribution in [0.15, 0.2) is 0 Å². The molecule has 0 bridgehead atoms. The van der Waals surface area contributed by atoms with E-state index in [0.29, 0.717) is 0 Å². The van der Waals surface area contributed by atoms with Crippen molar-refractivity contribution in [2.45, 2.75) is 24.4 Å². The number of hydrogen-bond donors (Lipinski definition) is 4. The van der Waals surface area contributed by atoms with Crippen LogP contribution in [0.2, 0.25) is 0 Å². The maximum atomic E-state index is 9.37. The summed E-state index contributed by atoms with van der Waals surface area (Å²) in [5, 5.41) is 36.6. The van der Waals surface area contributed by atoms with E-state index < -0.39 is 24.4 Å².